The molecule has 0 aliphatic rings. The first-order valence-electron chi connectivity index (χ1n) is 52.1. The van der Waals surface area contributed by atoms with Crippen molar-refractivity contribution in [2.75, 3.05) is 205 Å². The number of carbonyl (C=O) groups excluding carboxylic acids is 4. The van der Waals surface area contributed by atoms with Gasteiger partial charge in [0.2, 0.25) is 10.3 Å². The summed E-state index contributed by atoms with van der Waals surface area (Å²) in [6, 6.07) is 0.872. The number of carbonyl (C=O) groups is 5. The van der Waals surface area contributed by atoms with Crippen molar-refractivity contribution in [1.29, 1.82) is 0 Å². The van der Waals surface area contributed by atoms with Crippen molar-refractivity contribution in [2.24, 2.45) is 28.1 Å². The van der Waals surface area contributed by atoms with Crippen LogP contribution in [0.25, 0.3) is 4.13 Å². The van der Waals surface area contributed by atoms with Gasteiger partial charge < -0.3 is 131 Å². The molecule has 0 aliphatic carbocycles. The second-order valence-electron chi connectivity index (χ2n) is 42.5. The summed E-state index contributed by atoms with van der Waals surface area (Å²) < 4.78 is 242. The minimum absolute atomic E-state index is 0. The first-order valence-corrected chi connectivity index (χ1v) is 86.8. The van der Waals surface area contributed by atoms with Gasteiger partial charge in [-0.3, -0.25) is 28.2 Å². The Kier molecular flexibility index (Phi) is 88.3. The van der Waals surface area contributed by atoms with Gasteiger partial charge in [-0.15, -0.1) is 0 Å². The summed E-state index contributed by atoms with van der Waals surface area (Å²) in [4.78, 5) is 57.0. The van der Waals surface area contributed by atoms with Crippen LogP contribution in [0.3, 0.4) is 0 Å². The molecule has 0 spiro atoms. The number of sulfonamides is 1. The number of alkyl halides is 3. The van der Waals surface area contributed by atoms with Crippen LogP contribution in [0, 0.1) is 28.1 Å². The Morgan fingerprint density at radius 2 is 0.530 bits per heavy atom. The summed E-state index contributed by atoms with van der Waals surface area (Å²) in [5, 5.41) is 8.44. The normalized spacial score (nSPS) is 13.5. The van der Waals surface area contributed by atoms with E-state index in [1.807, 2.05) is 55.4 Å². The third-order valence-corrected chi connectivity index (χ3v) is 64.7. The summed E-state index contributed by atoms with van der Waals surface area (Å²) in [6.07, 6.45) is 13.1. The zero-order valence-electron chi connectivity index (χ0n) is 99.2. The van der Waals surface area contributed by atoms with Crippen molar-refractivity contribution >= 4 is 144 Å². The first kappa shape index (κ1) is 159. The molecule has 0 aromatic rings. The van der Waals surface area contributed by atoms with Crippen molar-refractivity contribution in [3.63, 3.8) is 0 Å². The molecule has 149 heavy (non-hydrogen) atoms. The number of esters is 4. The molecule has 39 nitrogen and oxygen atoms in total. The van der Waals surface area contributed by atoms with Crippen LogP contribution in [0.2, 0.25) is 157 Å². The number of nitrogens with zero attached hydrogens (tertiary/aromatic N) is 1. The maximum absolute atomic E-state index is 12.4. The summed E-state index contributed by atoms with van der Waals surface area (Å²) >= 11 is 0. The standard InChI is InChI=1S/C32H64O15.C32H86O12Si11.C14H28O2.C9H15F3NO7S2.C6H12O2.Na/c1-4-31(2)32(33)47-30-29-46-28-27-45-26-25-44-24-23-43-22-21-42-20-19-41-18-17-40-16-15-39-14-13-38-12-11-37-10-9-36-8-7-35-6-5-34-3;1-27-32(2,3)31(33)34-29-28-30-46(7,8)36-48(11,12)38-50(15,16)40-52(19,20)42-54(23,24)44-55(25,26)43-53(21,22)41-51(17,18)39-49(13,14)37-47(9,10)35-45(4,5)6;1-4-6-7-8-9-10-11-12-16-14(15)13(3)5-2;1-4-8(2,3)7(14)19-5-6-20-22(17,18)13-21(15,16)9(10,11)12;1-4-6(2,3)5(7)8;/h31H,4-30H2,1-3H3;27-30H2,1-26H3;13H,4-12H2,1-3H3;4-6H2,1-3H3;4H2,1-3H3,(H,7,8);/q;;;-1;;+1. The van der Waals surface area contributed by atoms with Crippen molar-refractivity contribution in [3.8, 4) is 0 Å². The topological polar surface area (TPSA) is 446 Å². The summed E-state index contributed by atoms with van der Waals surface area (Å²) in [7, 11) is -37.5. The second kappa shape index (κ2) is 82.8. The smallest absolute Gasteiger partial charge is 0.481 e. The Bertz CT molecular complexity index is 3670. The number of methoxy groups -OCH3 is 1. The predicted molar refractivity (Wildman–Crippen MR) is 594 cm³/mol. The van der Waals surface area contributed by atoms with Crippen molar-refractivity contribution in [2.45, 2.75) is 343 Å². The van der Waals surface area contributed by atoms with Gasteiger partial charge in [0, 0.05) is 7.11 Å². The van der Waals surface area contributed by atoms with Gasteiger partial charge in [0.05, 0.1) is 213 Å². The molecule has 0 amide bonds. The van der Waals surface area contributed by atoms with Gasteiger partial charge in [0.1, 0.15) is 13.2 Å². The molecule has 0 aromatic carbocycles. The molecule has 1 N–H and O–H groups in total. The van der Waals surface area contributed by atoms with E-state index in [-0.39, 0.29) is 65.9 Å². The molecule has 888 valence electrons. The van der Waals surface area contributed by atoms with Crippen LogP contribution < -0.4 is 29.6 Å². The van der Waals surface area contributed by atoms with Crippen LogP contribution in [0.5, 0.6) is 0 Å². The number of hydrogen-bond donors (Lipinski definition) is 1. The van der Waals surface area contributed by atoms with E-state index in [1.165, 1.54) is 38.5 Å². The van der Waals surface area contributed by atoms with Crippen LogP contribution in [-0.2, 0) is 170 Å². The third kappa shape index (κ3) is 95.8. The molecule has 0 heterocycles. The van der Waals surface area contributed by atoms with Gasteiger partial charge in [-0.05, 0) is 243 Å². The number of ether oxygens (including phenoxy) is 17. The van der Waals surface area contributed by atoms with E-state index in [9.17, 15) is 54.0 Å². The number of halogens is 3. The molecule has 0 aromatic heterocycles. The molecular weight excluding hydrogens is 2190 g/mol. The quantitative estimate of drug-likeness (QED) is 0.0256. The number of unbranched alkanes of at least 4 members (excludes halogenated alkanes) is 6. The van der Waals surface area contributed by atoms with E-state index in [4.69, 9.17) is 122 Å². The Morgan fingerprint density at radius 3 is 0.772 bits per heavy atom. The maximum Gasteiger partial charge on any atom is 1.00 e. The zero-order valence-corrected chi connectivity index (χ0v) is 114. The third-order valence-electron chi connectivity index (χ3n) is 20.5. The molecule has 0 saturated heterocycles. The number of hydrogen-bond acceptors (Lipinski definition) is 37. The van der Waals surface area contributed by atoms with E-state index in [0.717, 1.165) is 38.1 Å². The minimum atomic E-state index is -6.23. The Balaban J connectivity index is -0.000000484. The number of aliphatic carboxylic acids is 1. The minimum Gasteiger partial charge on any atom is -0.481 e. The molecular formula is C93H205F3NNaO38S2Si11. The number of carboxylic acids is 1. The van der Waals surface area contributed by atoms with Crippen molar-refractivity contribution in [3.05, 3.63) is 4.13 Å². The van der Waals surface area contributed by atoms with E-state index < -0.39 is 161 Å². The monoisotopic (exact) mass is 2400 g/mol. The Morgan fingerprint density at radius 1 is 0.302 bits per heavy atom. The molecule has 0 aliphatic heterocycles. The molecule has 56 heteroatoms. The van der Waals surface area contributed by atoms with Crippen LogP contribution in [0.4, 0.5) is 13.2 Å². The van der Waals surface area contributed by atoms with E-state index in [2.05, 4.69) is 166 Å². The van der Waals surface area contributed by atoms with Crippen molar-refractivity contribution < 1.29 is 215 Å². The largest absolute Gasteiger partial charge is 1.00 e. The van der Waals surface area contributed by atoms with Gasteiger partial charge in [-0.1, -0.05) is 93.9 Å². The fraction of sp³-hybridized carbons (Fsp3) is 0.946. The van der Waals surface area contributed by atoms with Crippen LogP contribution in [-0.4, -0.2) is 356 Å². The summed E-state index contributed by atoms with van der Waals surface area (Å²) in [6.45, 7) is 86.7. The van der Waals surface area contributed by atoms with Gasteiger partial charge in [0.25, 0.3) is 0 Å². The fourth-order valence-corrected chi connectivity index (χ4v) is 70.2. The summed E-state index contributed by atoms with van der Waals surface area (Å²) in [5.74, 6) is -1.77. The predicted octanol–water partition coefficient (Wildman–Crippen LogP) is 16.6. The molecule has 2 unspecified atom stereocenters. The maximum atomic E-state index is 12.4. The van der Waals surface area contributed by atoms with Gasteiger partial charge >= 0.3 is 142 Å². The molecule has 0 saturated carbocycles. The van der Waals surface area contributed by atoms with Gasteiger partial charge in [-0.2, -0.15) is 13.2 Å². The molecule has 0 radical (unpaired) electrons. The Labute approximate surface area is 931 Å². The molecule has 0 bridgehead atoms. The molecule has 0 rings (SSSR count). The van der Waals surface area contributed by atoms with E-state index in [1.54, 1.807) is 45.9 Å². The van der Waals surface area contributed by atoms with E-state index >= 15 is 0 Å². The van der Waals surface area contributed by atoms with Crippen molar-refractivity contribution in [1.82, 2.24) is 0 Å². The average Bonchev–Trinajstić information content (AvgIpc) is 0.799. The number of carboxylic acid groups (broad SMARTS) is 1. The van der Waals surface area contributed by atoms with Gasteiger partial charge in [0.15, 0.2) is 26.7 Å². The van der Waals surface area contributed by atoms with Crippen LogP contribution >= 0.6 is 0 Å². The zero-order chi connectivity index (χ0) is 115. The van der Waals surface area contributed by atoms with E-state index in [0.29, 0.717) is 191 Å². The SMILES string of the molecule is CCC(C)(C)C(=O)O.CCC(C)(C)C(=O)OCCC[Si](C)(C)O[Si](C)(C)O[Si](C)(C)O[Si](C)(C)O[Si](C)(C)O[Si](C)(C)O[Si](C)(C)O[Si](C)(C)O[Si](C)(C)O[Si](C)(C)O[Si](C)(C)C.CCC(C)(C)C(=O)OCCOS(=O)(=O)[N-]S(=O)(=O)C(F)(F)F.CCC(C)C(=O)OCCOCCOCCOCCOCCOCCOCCOCCOCCOCCOCCOCCOCCOC.CCCCCCCCCOC(=O)C(C)CC.[Na+]. The average molecular weight is 2400 g/mol. The first-order chi connectivity index (χ1) is 67.8. The second-order valence-corrected chi connectivity index (χ2v) is 87.3. The number of rotatable bonds is 87. The molecule has 2 atom stereocenters. The summed E-state index contributed by atoms with van der Waals surface area (Å²) in [5.41, 5.74) is -7.69. The molecule has 0 fully saturated rings. The van der Waals surface area contributed by atoms with Crippen LogP contribution in [0.1, 0.15) is 180 Å². The Hall–Kier alpha value is -0.574. The van der Waals surface area contributed by atoms with Crippen LogP contribution in [0.15, 0.2) is 0 Å². The fourth-order valence-electron chi connectivity index (χ4n) is 13.0. The van der Waals surface area contributed by atoms with Gasteiger partial charge in [-0.25, -0.2) is 16.8 Å².